The van der Waals surface area contributed by atoms with Crippen molar-refractivity contribution >= 4 is 5.97 Å². The first-order chi connectivity index (χ1) is 9.97. The van der Waals surface area contributed by atoms with Gasteiger partial charge in [0.2, 0.25) is 0 Å². The Bertz CT molecular complexity index is 463. The first-order valence-corrected chi connectivity index (χ1v) is 7.33. The van der Waals surface area contributed by atoms with Gasteiger partial charge in [0.05, 0.1) is 6.61 Å². The second-order valence-electron chi connectivity index (χ2n) is 5.07. The van der Waals surface area contributed by atoms with Gasteiger partial charge in [0.15, 0.2) is 17.7 Å². The largest absolute Gasteiger partial charge is 0.476 e. The standard InChI is InChI=1S/C16H24FNO3/c1-5-14(16(19)20-6-2)21-15-8-7-12(9-13(15)17)10-18-11(3)4/h7-9,11,14,18H,5-6,10H2,1-4H3. The van der Waals surface area contributed by atoms with E-state index in [0.29, 0.717) is 19.0 Å². The number of rotatable bonds is 8. The fourth-order valence-electron chi connectivity index (χ4n) is 1.76. The molecule has 0 aliphatic carbocycles. The minimum atomic E-state index is -0.779. The number of carbonyl (C=O) groups excluding carboxylic acids is 1. The lowest BCUT2D eigenvalue weighted by Crippen LogP contribution is -2.29. The van der Waals surface area contributed by atoms with Crippen molar-refractivity contribution < 1.29 is 18.7 Å². The third kappa shape index (κ3) is 5.71. The number of carbonyl (C=O) groups is 1. The van der Waals surface area contributed by atoms with Crippen LogP contribution in [0.3, 0.4) is 0 Å². The molecule has 0 spiro atoms. The minimum Gasteiger partial charge on any atom is -0.476 e. The Labute approximate surface area is 125 Å². The van der Waals surface area contributed by atoms with Gasteiger partial charge in [-0.2, -0.15) is 0 Å². The van der Waals surface area contributed by atoms with Crippen LogP contribution < -0.4 is 10.1 Å². The first kappa shape index (κ1) is 17.4. The van der Waals surface area contributed by atoms with E-state index in [1.165, 1.54) is 6.07 Å². The van der Waals surface area contributed by atoms with Crippen LogP contribution in [-0.2, 0) is 16.1 Å². The number of ether oxygens (including phenoxy) is 2. The Hall–Kier alpha value is -1.62. The fourth-order valence-corrected chi connectivity index (χ4v) is 1.76. The zero-order valence-corrected chi connectivity index (χ0v) is 13.1. The van der Waals surface area contributed by atoms with Gasteiger partial charge in [0.25, 0.3) is 0 Å². The topological polar surface area (TPSA) is 47.6 Å². The van der Waals surface area contributed by atoms with Gasteiger partial charge in [0.1, 0.15) is 0 Å². The van der Waals surface area contributed by atoms with Crippen molar-refractivity contribution in [3.63, 3.8) is 0 Å². The maximum absolute atomic E-state index is 14.0. The summed E-state index contributed by atoms with van der Waals surface area (Å²) in [6.45, 7) is 8.44. The Morgan fingerprint density at radius 3 is 2.57 bits per heavy atom. The molecule has 1 aromatic rings. The molecule has 0 amide bonds. The van der Waals surface area contributed by atoms with Crippen molar-refractivity contribution in [3.8, 4) is 5.75 Å². The van der Waals surface area contributed by atoms with Gasteiger partial charge < -0.3 is 14.8 Å². The molecule has 0 heterocycles. The number of esters is 1. The van der Waals surface area contributed by atoms with Gasteiger partial charge in [-0.25, -0.2) is 9.18 Å². The second-order valence-corrected chi connectivity index (χ2v) is 5.07. The summed E-state index contributed by atoms with van der Waals surface area (Å²) in [7, 11) is 0. The van der Waals surface area contributed by atoms with Crippen molar-refractivity contribution in [2.24, 2.45) is 0 Å². The van der Waals surface area contributed by atoms with Gasteiger partial charge >= 0.3 is 5.97 Å². The minimum absolute atomic E-state index is 0.0724. The van der Waals surface area contributed by atoms with E-state index in [-0.39, 0.29) is 12.4 Å². The van der Waals surface area contributed by atoms with Crippen LogP contribution in [0.15, 0.2) is 18.2 Å². The second kappa shape index (κ2) is 8.62. The predicted molar refractivity (Wildman–Crippen MR) is 79.7 cm³/mol. The van der Waals surface area contributed by atoms with Crippen molar-refractivity contribution in [1.82, 2.24) is 5.32 Å². The normalized spacial score (nSPS) is 12.3. The zero-order chi connectivity index (χ0) is 15.8. The Morgan fingerprint density at radius 2 is 2.05 bits per heavy atom. The summed E-state index contributed by atoms with van der Waals surface area (Å²) in [6.07, 6.45) is -0.353. The molecule has 0 saturated carbocycles. The maximum atomic E-state index is 14.0. The molecule has 0 aromatic heterocycles. The molecular formula is C16H24FNO3. The van der Waals surface area contributed by atoms with E-state index >= 15 is 0 Å². The van der Waals surface area contributed by atoms with Gasteiger partial charge in [-0.1, -0.05) is 26.8 Å². The fraction of sp³-hybridized carbons (Fsp3) is 0.562. The summed E-state index contributed by atoms with van der Waals surface area (Å²) < 4.78 is 24.3. The number of halogens is 1. The molecule has 4 nitrogen and oxygen atoms in total. The predicted octanol–water partition coefficient (Wildman–Crippen LogP) is 3.04. The SMILES string of the molecule is CCOC(=O)C(CC)Oc1ccc(CNC(C)C)cc1F. The molecule has 0 radical (unpaired) electrons. The summed E-state index contributed by atoms with van der Waals surface area (Å²) in [5, 5.41) is 3.21. The molecule has 118 valence electrons. The van der Waals surface area contributed by atoms with Gasteiger partial charge in [0, 0.05) is 12.6 Å². The lowest BCUT2D eigenvalue weighted by Gasteiger charge is -2.17. The third-order valence-electron chi connectivity index (χ3n) is 2.90. The highest BCUT2D eigenvalue weighted by molar-refractivity contribution is 5.75. The third-order valence-corrected chi connectivity index (χ3v) is 2.90. The van der Waals surface area contributed by atoms with E-state index in [0.717, 1.165) is 5.56 Å². The van der Waals surface area contributed by atoms with Gasteiger partial charge in [-0.15, -0.1) is 0 Å². The van der Waals surface area contributed by atoms with E-state index in [9.17, 15) is 9.18 Å². The van der Waals surface area contributed by atoms with Gasteiger partial charge in [-0.05, 0) is 31.0 Å². The summed E-state index contributed by atoms with van der Waals surface area (Å²) in [5.41, 5.74) is 0.831. The monoisotopic (exact) mass is 297 g/mol. The van der Waals surface area contributed by atoms with E-state index < -0.39 is 17.9 Å². The van der Waals surface area contributed by atoms with E-state index in [1.807, 2.05) is 13.8 Å². The Morgan fingerprint density at radius 1 is 1.33 bits per heavy atom. The molecule has 0 fully saturated rings. The zero-order valence-electron chi connectivity index (χ0n) is 13.1. The van der Waals surface area contributed by atoms with Crippen molar-refractivity contribution in [2.75, 3.05) is 6.61 Å². The van der Waals surface area contributed by atoms with Gasteiger partial charge in [-0.3, -0.25) is 0 Å². The van der Waals surface area contributed by atoms with Crippen LogP contribution in [-0.4, -0.2) is 24.7 Å². The quantitative estimate of drug-likeness (QED) is 0.749. The average molecular weight is 297 g/mol. The lowest BCUT2D eigenvalue weighted by molar-refractivity contribution is -0.151. The van der Waals surface area contributed by atoms with Crippen LogP contribution in [0.25, 0.3) is 0 Å². The maximum Gasteiger partial charge on any atom is 0.347 e. The Kier molecular flexibility index (Phi) is 7.15. The molecule has 5 heteroatoms. The van der Waals surface area contributed by atoms with Crippen molar-refractivity contribution in [3.05, 3.63) is 29.6 Å². The number of benzene rings is 1. The van der Waals surface area contributed by atoms with Crippen LogP contribution in [0.2, 0.25) is 0 Å². The average Bonchev–Trinajstić information content (AvgIpc) is 2.44. The number of hydrogen-bond donors (Lipinski definition) is 1. The molecule has 1 aromatic carbocycles. The van der Waals surface area contributed by atoms with Crippen LogP contribution >= 0.6 is 0 Å². The summed E-state index contributed by atoms with van der Waals surface area (Å²) >= 11 is 0. The molecule has 0 aliphatic rings. The van der Waals surface area contributed by atoms with Crippen molar-refractivity contribution in [1.29, 1.82) is 0 Å². The summed E-state index contributed by atoms with van der Waals surface area (Å²) in [6, 6.07) is 5.08. The first-order valence-electron chi connectivity index (χ1n) is 7.33. The molecular weight excluding hydrogens is 273 g/mol. The number of hydrogen-bond acceptors (Lipinski definition) is 4. The van der Waals surface area contributed by atoms with Crippen LogP contribution in [0.1, 0.15) is 39.7 Å². The van der Waals surface area contributed by atoms with Crippen molar-refractivity contribution in [2.45, 2.75) is 52.8 Å². The highest BCUT2D eigenvalue weighted by Crippen LogP contribution is 2.21. The summed E-state index contributed by atoms with van der Waals surface area (Å²) in [5.74, 6) is -0.867. The molecule has 1 rings (SSSR count). The molecule has 1 unspecified atom stereocenters. The van der Waals surface area contributed by atoms with E-state index in [1.54, 1.807) is 26.0 Å². The lowest BCUT2D eigenvalue weighted by atomic mass is 10.2. The molecule has 0 bridgehead atoms. The highest BCUT2D eigenvalue weighted by atomic mass is 19.1. The van der Waals surface area contributed by atoms with E-state index in [4.69, 9.17) is 9.47 Å². The highest BCUT2D eigenvalue weighted by Gasteiger charge is 2.21. The van der Waals surface area contributed by atoms with E-state index in [2.05, 4.69) is 5.32 Å². The number of nitrogens with one attached hydrogen (secondary N) is 1. The smallest absolute Gasteiger partial charge is 0.347 e. The molecule has 0 aliphatic heterocycles. The van der Waals surface area contributed by atoms with Crippen LogP contribution in [0, 0.1) is 5.82 Å². The Balaban J connectivity index is 2.72. The molecule has 21 heavy (non-hydrogen) atoms. The molecule has 1 atom stereocenters. The summed E-state index contributed by atoms with van der Waals surface area (Å²) in [4.78, 5) is 11.7. The molecule has 1 N–H and O–H groups in total. The van der Waals surface area contributed by atoms with Crippen LogP contribution in [0.5, 0.6) is 5.75 Å². The van der Waals surface area contributed by atoms with Crippen LogP contribution in [0.4, 0.5) is 4.39 Å². The molecule has 0 saturated heterocycles.